The van der Waals surface area contributed by atoms with Gasteiger partial charge in [0.1, 0.15) is 5.02 Å². The fourth-order valence-electron chi connectivity index (χ4n) is 2.30. The molecule has 0 unspecified atom stereocenters. The summed E-state index contributed by atoms with van der Waals surface area (Å²) in [4.78, 5) is 12.1. The Balaban J connectivity index is 1.92. The minimum Gasteiger partial charge on any atom is -0.380 e. The maximum Gasteiger partial charge on any atom is 0.291 e. The van der Waals surface area contributed by atoms with Crippen LogP contribution in [0.2, 0.25) is 15.1 Å². The van der Waals surface area contributed by atoms with Gasteiger partial charge in [0.25, 0.3) is 5.56 Å². The van der Waals surface area contributed by atoms with E-state index >= 15 is 0 Å². The fourth-order valence-corrected chi connectivity index (χ4v) is 2.79. The van der Waals surface area contributed by atoms with Crippen molar-refractivity contribution in [2.45, 2.75) is 18.9 Å². The van der Waals surface area contributed by atoms with Crippen LogP contribution >= 0.6 is 34.8 Å². The summed E-state index contributed by atoms with van der Waals surface area (Å²) in [6.07, 6.45) is 7.56. The van der Waals surface area contributed by atoms with Crippen molar-refractivity contribution in [3.05, 3.63) is 62.0 Å². The van der Waals surface area contributed by atoms with Crippen molar-refractivity contribution in [2.24, 2.45) is 0 Å². The Hall–Kier alpha value is -1.49. The lowest BCUT2D eigenvalue weighted by Gasteiger charge is -2.15. The van der Waals surface area contributed by atoms with E-state index in [0.29, 0.717) is 16.8 Å². The van der Waals surface area contributed by atoms with Gasteiger partial charge in [-0.25, -0.2) is 0 Å². The number of nitrogens with zero attached hydrogens (tertiary/aromatic N) is 2. The van der Waals surface area contributed by atoms with Crippen LogP contribution in [0.4, 0.5) is 5.69 Å². The van der Waals surface area contributed by atoms with Crippen molar-refractivity contribution < 1.29 is 0 Å². The van der Waals surface area contributed by atoms with Crippen LogP contribution in [0.3, 0.4) is 0 Å². The summed E-state index contributed by atoms with van der Waals surface area (Å²) in [5.74, 6) is 0. The van der Waals surface area contributed by atoms with E-state index in [4.69, 9.17) is 34.8 Å². The van der Waals surface area contributed by atoms with E-state index in [1.54, 1.807) is 12.1 Å². The van der Waals surface area contributed by atoms with E-state index in [2.05, 4.69) is 22.6 Å². The monoisotopic (exact) mass is 355 g/mol. The van der Waals surface area contributed by atoms with Gasteiger partial charge in [-0.3, -0.25) is 4.79 Å². The minimum absolute atomic E-state index is 0.0629. The molecule has 0 saturated heterocycles. The van der Waals surface area contributed by atoms with Gasteiger partial charge in [-0.2, -0.15) is 9.78 Å². The minimum atomic E-state index is -0.481. The summed E-state index contributed by atoms with van der Waals surface area (Å²) >= 11 is 17.9. The molecule has 3 rings (SSSR count). The number of halogens is 3. The zero-order chi connectivity index (χ0) is 15.7. The van der Waals surface area contributed by atoms with Gasteiger partial charge < -0.3 is 5.32 Å². The fraction of sp³-hybridized carbons (Fsp3) is 0.200. The maximum absolute atomic E-state index is 12.1. The highest BCUT2D eigenvalue weighted by atomic mass is 35.5. The number of aromatic nitrogens is 2. The Kier molecular flexibility index (Phi) is 4.43. The molecular formula is C15H12Cl3N3O. The predicted molar refractivity (Wildman–Crippen MR) is 90.6 cm³/mol. The van der Waals surface area contributed by atoms with Crippen LogP contribution in [0.5, 0.6) is 0 Å². The van der Waals surface area contributed by atoms with Crippen molar-refractivity contribution in [1.29, 1.82) is 0 Å². The van der Waals surface area contributed by atoms with E-state index < -0.39 is 5.56 Å². The highest BCUT2D eigenvalue weighted by Crippen LogP contribution is 2.27. The second kappa shape index (κ2) is 6.32. The summed E-state index contributed by atoms with van der Waals surface area (Å²) in [6, 6.07) is 5.61. The van der Waals surface area contributed by atoms with Crippen LogP contribution in [0.1, 0.15) is 12.8 Å². The summed E-state index contributed by atoms with van der Waals surface area (Å²) < 4.78 is 1.17. The number of anilines is 1. The highest BCUT2D eigenvalue weighted by molar-refractivity contribution is 6.41. The molecule has 1 aliphatic rings. The van der Waals surface area contributed by atoms with Crippen LogP contribution < -0.4 is 10.9 Å². The van der Waals surface area contributed by atoms with Gasteiger partial charge in [-0.05, 0) is 31.0 Å². The third-order valence-electron chi connectivity index (χ3n) is 3.44. The number of nitrogens with one attached hydrogen (secondary N) is 1. The van der Waals surface area contributed by atoms with E-state index in [-0.39, 0.29) is 10.0 Å². The molecule has 0 saturated carbocycles. The molecule has 0 aliphatic heterocycles. The molecule has 0 amide bonds. The van der Waals surface area contributed by atoms with Gasteiger partial charge in [0.2, 0.25) is 0 Å². The molecule has 1 aromatic heterocycles. The lowest BCUT2D eigenvalue weighted by Crippen LogP contribution is -2.21. The normalized spacial score (nSPS) is 14.5. The summed E-state index contributed by atoms with van der Waals surface area (Å²) in [6.45, 7) is 0. The van der Waals surface area contributed by atoms with Crippen molar-refractivity contribution in [3.63, 3.8) is 0 Å². The number of hydrogen-bond acceptors (Lipinski definition) is 3. The average molecular weight is 357 g/mol. The van der Waals surface area contributed by atoms with Crippen LogP contribution in [-0.4, -0.2) is 15.8 Å². The Labute approximate surface area is 142 Å². The summed E-state index contributed by atoms with van der Waals surface area (Å²) in [5, 5.41) is 7.94. The molecule has 22 heavy (non-hydrogen) atoms. The first-order valence-electron chi connectivity index (χ1n) is 6.71. The lowest BCUT2D eigenvalue weighted by atomic mass is 10.2. The van der Waals surface area contributed by atoms with Crippen molar-refractivity contribution in [1.82, 2.24) is 9.78 Å². The van der Waals surface area contributed by atoms with Gasteiger partial charge >= 0.3 is 0 Å². The molecular weight excluding hydrogens is 345 g/mol. The third-order valence-corrected chi connectivity index (χ3v) is 4.50. The quantitative estimate of drug-likeness (QED) is 0.833. The van der Waals surface area contributed by atoms with E-state index in [9.17, 15) is 4.79 Å². The first-order valence-corrected chi connectivity index (χ1v) is 7.84. The largest absolute Gasteiger partial charge is 0.380 e. The van der Waals surface area contributed by atoms with Crippen LogP contribution in [0.15, 0.2) is 41.3 Å². The summed E-state index contributed by atoms with van der Waals surface area (Å²) in [7, 11) is 0. The number of hydrogen-bond donors (Lipinski definition) is 1. The van der Waals surface area contributed by atoms with Gasteiger partial charge in [0.15, 0.2) is 0 Å². The molecule has 2 aromatic rings. The molecule has 4 nitrogen and oxygen atoms in total. The third kappa shape index (κ3) is 3.00. The van der Waals surface area contributed by atoms with Gasteiger partial charge in [0.05, 0.1) is 27.6 Å². The first kappa shape index (κ1) is 15.4. The van der Waals surface area contributed by atoms with E-state index in [0.717, 1.165) is 18.5 Å². The zero-order valence-electron chi connectivity index (χ0n) is 11.4. The zero-order valence-corrected chi connectivity index (χ0v) is 13.7. The maximum atomic E-state index is 12.1. The predicted octanol–water partition coefficient (Wildman–Crippen LogP) is 4.32. The molecule has 114 valence electrons. The number of benzene rings is 1. The Bertz CT molecular complexity index is 793. The molecule has 1 heterocycles. The molecule has 1 aliphatic carbocycles. The van der Waals surface area contributed by atoms with Crippen molar-refractivity contribution >= 4 is 40.5 Å². The smallest absolute Gasteiger partial charge is 0.291 e. The molecule has 1 aromatic carbocycles. The Morgan fingerprint density at radius 3 is 2.55 bits per heavy atom. The second-order valence-corrected chi connectivity index (χ2v) is 6.16. The standard InChI is InChI=1S/C15H12Cl3N3O/c16-11-7-10(21-15(22)14(18)12(17)8-19-21)5-6-13(11)20-9-3-1-2-4-9/h1-2,5-9,20H,3-4H2. The highest BCUT2D eigenvalue weighted by Gasteiger charge is 2.13. The molecule has 1 N–H and O–H groups in total. The molecule has 0 atom stereocenters. The van der Waals surface area contributed by atoms with Gasteiger partial charge in [-0.15, -0.1) is 0 Å². The first-order chi connectivity index (χ1) is 10.6. The van der Waals surface area contributed by atoms with Crippen molar-refractivity contribution in [3.8, 4) is 5.69 Å². The Morgan fingerprint density at radius 2 is 1.86 bits per heavy atom. The second-order valence-electron chi connectivity index (χ2n) is 4.97. The molecule has 0 radical (unpaired) electrons. The van der Waals surface area contributed by atoms with Gasteiger partial charge in [0, 0.05) is 6.04 Å². The molecule has 0 fully saturated rings. The molecule has 0 spiro atoms. The van der Waals surface area contributed by atoms with Crippen LogP contribution in [0, 0.1) is 0 Å². The van der Waals surface area contributed by atoms with Crippen molar-refractivity contribution in [2.75, 3.05) is 5.32 Å². The van der Waals surface area contributed by atoms with Gasteiger partial charge in [-0.1, -0.05) is 47.0 Å². The summed E-state index contributed by atoms with van der Waals surface area (Å²) in [5.41, 5.74) is 0.877. The topological polar surface area (TPSA) is 46.9 Å². The number of rotatable bonds is 3. The van der Waals surface area contributed by atoms with Crippen LogP contribution in [-0.2, 0) is 0 Å². The van der Waals surface area contributed by atoms with Crippen LogP contribution in [0.25, 0.3) is 5.69 Å². The Morgan fingerprint density at radius 1 is 1.14 bits per heavy atom. The SMILES string of the molecule is O=c1c(Cl)c(Cl)cnn1-c1ccc(NC2CC=CC2)c(Cl)c1. The van der Waals surface area contributed by atoms with E-state index in [1.807, 2.05) is 6.07 Å². The van der Waals surface area contributed by atoms with E-state index in [1.165, 1.54) is 10.9 Å². The molecule has 7 heteroatoms. The molecule has 0 bridgehead atoms. The lowest BCUT2D eigenvalue weighted by molar-refractivity contribution is 0.785. The average Bonchev–Trinajstić information content (AvgIpc) is 3.00.